The molecule has 172 valence electrons. The molecule has 2 amide bonds. The first-order chi connectivity index (χ1) is 16.4. The van der Waals surface area contributed by atoms with Gasteiger partial charge in [0.25, 0.3) is 11.8 Å². The standard InChI is InChI=1S/C25H22N4O4S/c26-15-3-16-27-34(32,33)22-12-8-19(9-13-22)24(30)28-21-10-6-20(7-11-21)25(31)29-17-14-18-4-1-2-5-23(18)29/h1-2,4-13,27H,3,14,16-17H2,(H,28,30). The van der Waals surface area contributed by atoms with Crippen molar-refractivity contribution in [3.8, 4) is 6.07 Å². The minimum atomic E-state index is -3.74. The van der Waals surface area contributed by atoms with E-state index in [4.69, 9.17) is 5.26 Å². The third-order valence-electron chi connectivity index (χ3n) is 5.48. The van der Waals surface area contributed by atoms with Gasteiger partial charge in [-0.15, -0.1) is 0 Å². The van der Waals surface area contributed by atoms with Gasteiger partial charge in [-0.1, -0.05) is 18.2 Å². The van der Waals surface area contributed by atoms with Crippen molar-refractivity contribution in [2.75, 3.05) is 23.3 Å². The fourth-order valence-electron chi connectivity index (χ4n) is 3.71. The number of para-hydroxylation sites is 1. The highest BCUT2D eigenvalue weighted by Gasteiger charge is 2.25. The van der Waals surface area contributed by atoms with Crippen LogP contribution in [0.2, 0.25) is 0 Å². The van der Waals surface area contributed by atoms with Crippen LogP contribution in [0.3, 0.4) is 0 Å². The van der Waals surface area contributed by atoms with Gasteiger partial charge < -0.3 is 10.2 Å². The van der Waals surface area contributed by atoms with Gasteiger partial charge in [-0.3, -0.25) is 9.59 Å². The summed E-state index contributed by atoms with van der Waals surface area (Å²) in [6.45, 7) is 0.653. The first-order valence-corrected chi connectivity index (χ1v) is 12.2. The Kier molecular flexibility index (Phi) is 6.72. The van der Waals surface area contributed by atoms with Gasteiger partial charge in [-0.2, -0.15) is 5.26 Å². The van der Waals surface area contributed by atoms with E-state index >= 15 is 0 Å². The summed E-state index contributed by atoms with van der Waals surface area (Å²) in [4.78, 5) is 27.3. The van der Waals surface area contributed by atoms with Gasteiger partial charge in [0.15, 0.2) is 0 Å². The van der Waals surface area contributed by atoms with Crippen LogP contribution in [0.25, 0.3) is 0 Å². The molecule has 0 saturated carbocycles. The van der Waals surface area contributed by atoms with Crippen LogP contribution < -0.4 is 14.9 Å². The first-order valence-electron chi connectivity index (χ1n) is 10.7. The summed E-state index contributed by atoms with van der Waals surface area (Å²) in [6, 6.07) is 21.8. The minimum Gasteiger partial charge on any atom is -0.322 e. The Morgan fingerprint density at radius 2 is 1.62 bits per heavy atom. The highest BCUT2D eigenvalue weighted by Crippen LogP contribution is 2.29. The average molecular weight is 475 g/mol. The Balaban J connectivity index is 1.39. The molecule has 0 unspecified atom stereocenters. The summed E-state index contributed by atoms with van der Waals surface area (Å²) in [5.41, 5.74) is 3.39. The Labute approximate surface area is 197 Å². The zero-order valence-electron chi connectivity index (χ0n) is 18.2. The van der Waals surface area contributed by atoms with E-state index in [1.165, 1.54) is 24.3 Å². The molecule has 3 aromatic rings. The van der Waals surface area contributed by atoms with Crippen LogP contribution >= 0.6 is 0 Å². The van der Waals surface area contributed by atoms with E-state index in [-0.39, 0.29) is 29.3 Å². The maximum absolute atomic E-state index is 12.9. The molecule has 0 spiro atoms. The molecule has 0 bridgehead atoms. The van der Waals surface area contributed by atoms with Crippen molar-refractivity contribution in [3.63, 3.8) is 0 Å². The Morgan fingerprint density at radius 1 is 0.941 bits per heavy atom. The maximum Gasteiger partial charge on any atom is 0.258 e. The molecular formula is C25H22N4O4S. The monoisotopic (exact) mass is 474 g/mol. The van der Waals surface area contributed by atoms with Crippen LogP contribution in [-0.4, -0.2) is 33.3 Å². The van der Waals surface area contributed by atoms with Gasteiger partial charge in [0, 0.05) is 42.0 Å². The second-order valence-electron chi connectivity index (χ2n) is 7.70. The third kappa shape index (κ3) is 4.98. The Morgan fingerprint density at radius 3 is 2.32 bits per heavy atom. The number of amides is 2. The number of carbonyl (C=O) groups excluding carboxylic acids is 2. The normalized spacial score (nSPS) is 12.6. The SMILES string of the molecule is N#CCCNS(=O)(=O)c1ccc(C(=O)Nc2ccc(C(=O)N3CCc4ccccc43)cc2)cc1. The van der Waals surface area contributed by atoms with Crippen molar-refractivity contribution >= 4 is 33.2 Å². The first kappa shape index (κ1) is 23.2. The van der Waals surface area contributed by atoms with Gasteiger partial charge in [-0.25, -0.2) is 13.1 Å². The molecule has 8 nitrogen and oxygen atoms in total. The predicted octanol–water partition coefficient (Wildman–Crippen LogP) is 3.33. The van der Waals surface area contributed by atoms with Gasteiger partial charge >= 0.3 is 0 Å². The van der Waals surface area contributed by atoms with E-state index in [0.717, 1.165) is 17.7 Å². The van der Waals surface area contributed by atoms with Crippen LogP contribution in [0, 0.1) is 11.3 Å². The maximum atomic E-state index is 12.9. The van der Waals surface area contributed by atoms with E-state index in [1.807, 2.05) is 30.3 Å². The second kappa shape index (κ2) is 9.87. The predicted molar refractivity (Wildman–Crippen MR) is 128 cm³/mol. The van der Waals surface area contributed by atoms with Crippen LogP contribution in [0.1, 0.15) is 32.7 Å². The fourth-order valence-corrected chi connectivity index (χ4v) is 4.75. The summed E-state index contributed by atoms with van der Waals surface area (Å²) in [5.74, 6) is -0.503. The number of hydrogen-bond acceptors (Lipinski definition) is 5. The molecule has 1 aliphatic heterocycles. The van der Waals surface area contributed by atoms with Crippen molar-refractivity contribution in [2.45, 2.75) is 17.7 Å². The smallest absolute Gasteiger partial charge is 0.258 e. The molecule has 0 fully saturated rings. The van der Waals surface area contributed by atoms with Crippen molar-refractivity contribution in [1.82, 2.24) is 4.72 Å². The molecule has 0 saturated heterocycles. The molecule has 2 N–H and O–H groups in total. The van der Waals surface area contributed by atoms with E-state index in [2.05, 4.69) is 10.0 Å². The van der Waals surface area contributed by atoms with Crippen molar-refractivity contribution < 1.29 is 18.0 Å². The molecule has 0 radical (unpaired) electrons. The number of rotatable bonds is 7. The van der Waals surface area contributed by atoms with Gasteiger partial charge in [-0.05, 0) is 66.6 Å². The Bertz CT molecular complexity index is 1360. The molecule has 0 aliphatic carbocycles. The van der Waals surface area contributed by atoms with Gasteiger partial charge in [0.1, 0.15) is 0 Å². The quantitative estimate of drug-likeness (QED) is 0.509. The second-order valence-corrected chi connectivity index (χ2v) is 9.46. The minimum absolute atomic E-state index is 0.00772. The lowest BCUT2D eigenvalue weighted by Gasteiger charge is -2.17. The third-order valence-corrected chi connectivity index (χ3v) is 6.95. The number of benzene rings is 3. The number of nitriles is 1. The lowest BCUT2D eigenvalue weighted by Crippen LogP contribution is -2.28. The highest BCUT2D eigenvalue weighted by molar-refractivity contribution is 7.89. The van der Waals surface area contributed by atoms with Crippen LogP contribution in [-0.2, 0) is 16.4 Å². The number of anilines is 2. The van der Waals surface area contributed by atoms with Crippen LogP contribution in [0.15, 0.2) is 77.7 Å². The molecule has 9 heteroatoms. The van der Waals surface area contributed by atoms with Crippen LogP contribution in [0.4, 0.5) is 11.4 Å². The van der Waals surface area contributed by atoms with E-state index in [9.17, 15) is 18.0 Å². The molecule has 3 aromatic carbocycles. The summed E-state index contributed by atoms with van der Waals surface area (Å²) < 4.78 is 26.7. The summed E-state index contributed by atoms with van der Waals surface area (Å²) in [6.07, 6.45) is 0.890. The van der Waals surface area contributed by atoms with E-state index < -0.39 is 15.9 Å². The topological polar surface area (TPSA) is 119 Å². The molecule has 0 aromatic heterocycles. The summed E-state index contributed by atoms with van der Waals surface area (Å²) in [7, 11) is -3.74. The zero-order chi connectivity index (χ0) is 24.1. The average Bonchev–Trinajstić information content (AvgIpc) is 3.28. The molecule has 34 heavy (non-hydrogen) atoms. The molecular weight excluding hydrogens is 452 g/mol. The highest BCUT2D eigenvalue weighted by atomic mass is 32.2. The Hall–Kier alpha value is -4.00. The van der Waals surface area contributed by atoms with Crippen molar-refractivity contribution in [2.24, 2.45) is 0 Å². The van der Waals surface area contributed by atoms with Crippen molar-refractivity contribution in [1.29, 1.82) is 5.26 Å². The number of fused-ring (bicyclic) bond motifs is 1. The summed E-state index contributed by atoms with van der Waals surface area (Å²) in [5, 5.41) is 11.3. The van der Waals surface area contributed by atoms with Crippen LogP contribution in [0.5, 0.6) is 0 Å². The molecule has 1 heterocycles. The molecule has 1 aliphatic rings. The van der Waals surface area contributed by atoms with E-state index in [1.54, 1.807) is 29.2 Å². The lowest BCUT2D eigenvalue weighted by molar-refractivity contribution is 0.0988. The van der Waals surface area contributed by atoms with Gasteiger partial charge in [0.2, 0.25) is 10.0 Å². The number of hydrogen-bond donors (Lipinski definition) is 2. The number of sulfonamides is 1. The largest absolute Gasteiger partial charge is 0.322 e. The summed E-state index contributed by atoms with van der Waals surface area (Å²) >= 11 is 0. The lowest BCUT2D eigenvalue weighted by atomic mass is 10.1. The molecule has 0 atom stereocenters. The van der Waals surface area contributed by atoms with E-state index in [0.29, 0.717) is 17.8 Å². The number of carbonyl (C=O) groups is 2. The van der Waals surface area contributed by atoms with Crippen molar-refractivity contribution in [3.05, 3.63) is 89.5 Å². The number of nitrogens with zero attached hydrogens (tertiary/aromatic N) is 2. The number of nitrogens with one attached hydrogen (secondary N) is 2. The van der Waals surface area contributed by atoms with Gasteiger partial charge in [0.05, 0.1) is 11.0 Å². The fraction of sp³-hybridized carbons (Fsp3) is 0.160. The molecule has 4 rings (SSSR count). The zero-order valence-corrected chi connectivity index (χ0v) is 19.0.